The number of carbonyl (C=O) groups is 2. The molecule has 1 rings (SSSR count). The number of rotatable bonds is 2. The van der Waals surface area contributed by atoms with Crippen LogP contribution in [-0.2, 0) is 9.53 Å². The predicted molar refractivity (Wildman–Crippen MR) is 47.6 cm³/mol. The number of benzene rings is 1. The molecule has 0 aromatic heterocycles. The molecule has 0 aliphatic rings. The summed E-state index contributed by atoms with van der Waals surface area (Å²) in [6.45, 7) is -0.343. The van der Waals surface area contributed by atoms with Gasteiger partial charge in [0.25, 0.3) is 0 Å². The van der Waals surface area contributed by atoms with Crippen molar-refractivity contribution >= 4 is 11.9 Å². The second kappa shape index (κ2) is 4.38. The molecule has 0 aliphatic heterocycles. The van der Waals surface area contributed by atoms with Crippen LogP contribution in [0.15, 0.2) is 24.3 Å². The van der Waals surface area contributed by atoms with E-state index in [0.717, 1.165) is 0 Å². The van der Waals surface area contributed by atoms with E-state index in [2.05, 4.69) is 4.74 Å². The highest BCUT2D eigenvalue weighted by Crippen LogP contribution is 2.10. The Hall–Kier alpha value is -1.88. The van der Waals surface area contributed by atoms with Gasteiger partial charge in [-0.2, -0.15) is 0 Å². The van der Waals surface area contributed by atoms with Gasteiger partial charge >= 0.3 is 11.9 Å². The molecule has 0 saturated carbocycles. The zero-order valence-electron chi connectivity index (χ0n) is 7.27. The van der Waals surface area contributed by atoms with Crippen LogP contribution >= 0.6 is 0 Å². The molecule has 3 N–H and O–H groups in total. The lowest BCUT2D eigenvalue weighted by atomic mass is 10.2. The Kier molecular flexibility index (Phi) is 3.19. The molecule has 0 saturated heterocycles. The molecule has 1 aromatic rings. The number of phenolic OH excluding ortho intramolecular Hbond substituents is 1. The minimum absolute atomic E-state index is 0.0340. The van der Waals surface area contributed by atoms with Crippen LogP contribution in [0.5, 0.6) is 5.75 Å². The van der Waals surface area contributed by atoms with Crippen molar-refractivity contribution in [1.82, 2.24) is 0 Å². The molecule has 0 fully saturated rings. The lowest BCUT2D eigenvalue weighted by Crippen LogP contribution is -2.20. The number of carbonyl (C=O) groups excluding carboxylic acids is 2. The van der Waals surface area contributed by atoms with E-state index in [1.807, 2.05) is 0 Å². The quantitative estimate of drug-likeness (QED) is 0.513. The number of nitrogens with two attached hydrogens (primary N) is 1. The molecule has 5 nitrogen and oxygen atoms in total. The van der Waals surface area contributed by atoms with Crippen LogP contribution in [0.4, 0.5) is 0 Å². The van der Waals surface area contributed by atoms with E-state index in [0.29, 0.717) is 0 Å². The number of esters is 2. The molecule has 5 heteroatoms. The molecule has 0 unspecified atom stereocenters. The van der Waals surface area contributed by atoms with Crippen molar-refractivity contribution in [3.63, 3.8) is 0 Å². The summed E-state index contributed by atoms with van der Waals surface area (Å²) < 4.78 is 4.34. The third-order valence-corrected chi connectivity index (χ3v) is 1.48. The summed E-state index contributed by atoms with van der Waals surface area (Å²) >= 11 is 0. The van der Waals surface area contributed by atoms with E-state index in [-0.39, 0.29) is 17.9 Å². The van der Waals surface area contributed by atoms with Crippen LogP contribution < -0.4 is 5.73 Å². The van der Waals surface area contributed by atoms with E-state index < -0.39 is 11.9 Å². The van der Waals surface area contributed by atoms with Gasteiger partial charge in [-0.1, -0.05) is 0 Å². The maximum atomic E-state index is 11.1. The van der Waals surface area contributed by atoms with Gasteiger partial charge in [0.2, 0.25) is 0 Å². The van der Waals surface area contributed by atoms with Gasteiger partial charge in [0.05, 0.1) is 12.1 Å². The van der Waals surface area contributed by atoms with Crippen molar-refractivity contribution in [3.05, 3.63) is 29.8 Å². The van der Waals surface area contributed by atoms with Crippen LogP contribution in [0.3, 0.4) is 0 Å². The predicted octanol–water partition coefficient (Wildman–Crippen LogP) is 0.0343. The Bertz CT molecular complexity index is 344. The smallest absolute Gasteiger partial charge is 0.345 e. The standard InChI is InChI=1S/C9H9NO4/c10-5-8(12)14-9(13)6-1-3-7(11)4-2-6/h1-4,11H,5,10H2. The minimum Gasteiger partial charge on any atom is -0.508 e. The van der Waals surface area contributed by atoms with Gasteiger partial charge in [0.1, 0.15) is 5.75 Å². The molecule has 0 aliphatic carbocycles. The summed E-state index contributed by atoms with van der Waals surface area (Å²) in [4.78, 5) is 21.8. The van der Waals surface area contributed by atoms with Gasteiger partial charge in [-0.15, -0.1) is 0 Å². The van der Waals surface area contributed by atoms with Gasteiger partial charge in [-0.3, -0.25) is 4.79 Å². The average molecular weight is 195 g/mol. The molecular weight excluding hydrogens is 186 g/mol. The van der Waals surface area contributed by atoms with Crippen LogP contribution in [0.1, 0.15) is 10.4 Å². The zero-order chi connectivity index (χ0) is 10.6. The highest BCUT2D eigenvalue weighted by atomic mass is 16.6. The molecule has 0 amide bonds. The Morgan fingerprint density at radius 2 is 1.86 bits per heavy atom. The summed E-state index contributed by atoms with van der Waals surface area (Å²) in [7, 11) is 0. The van der Waals surface area contributed by atoms with Crippen LogP contribution in [0.25, 0.3) is 0 Å². The molecule has 74 valence electrons. The first-order chi connectivity index (χ1) is 6.63. The van der Waals surface area contributed by atoms with Gasteiger partial charge < -0.3 is 15.6 Å². The molecule has 14 heavy (non-hydrogen) atoms. The highest BCUT2D eigenvalue weighted by Gasteiger charge is 2.10. The van der Waals surface area contributed by atoms with Crippen LogP contribution in [0.2, 0.25) is 0 Å². The first kappa shape index (κ1) is 10.2. The molecular formula is C9H9NO4. The van der Waals surface area contributed by atoms with E-state index in [4.69, 9.17) is 10.8 Å². The molecule has 0 spiro atoms. The number of ether oxygens (including phenoxy) is 1. The molecule has 0 radical (unpaired) electrons. The Balaban J connectivity index is 2.70. The lowest BCUT2D eigenvalue weighted by molar-refractivity contribution is -0.136. The third kappa shape index (κ3) is 2.56. The Morgan fingerprint density at radius 1 is 1.29 bits per heavy atom. The second-order valence-corrected chi connectivity index (χ2v) is 2.51. The van der Waals surface area contributed by atoms with Gasteiger partial charge in [0.15, 0.2) is 0 Å². The maximum Gasteiger partial charge on any atom is 0.345 e. The van der Waals surface area contributed by atoms with E-state index in [1.165, 1.54) is 24.3 Å². The fourth-order valence-corrected chi connectivity index (χ4v) is 0.801. The van der Waals surface area contributed by atoms with E-state index >= 15 is 0 Å². The van der Waals surface area contributed by atoms with Crippen molar-refractivity contribution in [3.8, 4) is 5.75 Å². The summed E-state index contributed by atoms with van der Waals surface area (Å²) in [5, 5.41) is 8.93. The highest BCUT2D eigenvalue weighted by molar-refractivity contribution is 5.97. The first-order valence-electron chi connectivity index (χ1n) is 3.87. The molecule has 1 aromatic carbocycles. The maximum absolute atomic E-state index is 11.1. The van der Waals surface area contributed by atoms with Crippen molar-refractivity contribution in [1.29, 1.82) is 0 Å². The Morgan fingerprint density at radius 3 is 2.36 bits per heavy atom. The topological polar surface area (TPSA) is 89.6 Å². The summed E-state index contributed by atoms with van der Waals surface area (Å²) in [6.07, 6.45) is 0. The van der Waals surface area contributed by atoms with Crippen molar-refractivity contribution in [2.45, 2.75) is 0 Å². The number of hydrogen-bond donors (Lipinski definition) is 2. The molecule has 0 bridgehead atoms. The molecule has 0 heterocycles. The fourth-order valence-electron chi connectivity index (χ4n) is 0.801. The monoisotopic (exact) mass is 195 g/mol. The van der Waals surface area contributed by atoms with Gasteiger partial charge in [-0.05, 0) is 24.3 Å². The number of aromatic hydroxyl groups is 1. The van der Waals surface area contributed by atoms with Crippen molar-refractivity contribution in [2.75, 3.05) is 6.54 Å². The summed E-state index contributed by atoms with van der Waals surface area (Å²) in [5.41, 5.74) is 5.14. The summed E-state index contributed by atoms with van der Waals surface area (Å²) in [5.74, 6) is -1.53. The number of hydrogen-bond acceptors (Lipinski definition) is 5. The van der Waals surface area contributed by atoms with E-state index in [1.54, 1.807) is 0 Å². The fraction of sp³-hybridized carbons (Fsp3) is 0.111. The average Bonchev–Trinajstić information content (AvgIpc) is 2.18. The third-order valence-electron chi connectivity index (χ3n) is 1.48. The first-order valence-corrected chi connectivity index (χ1v) is 3.87. The Labute approximate surface area is 80.1 Å². The van der Waals surface area contributed by atoms with Crippen molar-refractivity contribution < 1.29 is 19.4 Å². The van der Waals surface area contributed by atoms with Gasteiger partial charge in [0, 0.05) is 0 Å². The van der Waals surface area contributed by atoms with Crippen LogP contribution in [0, 0.1) is 0 Å². The zero-order valence-corrected chi connectivity index (χ0v) is 7.27. The van der Waals surface area contributed by atoms with Crippen LogP contribution in [-0.4, -0.2) is 23.6 Å². The largest absolute Gasteiger partial charge is 0.508 e. The SMILES string of the molecule is NCC(=O)OC(=O)c1ccc(O)cc1. The second-order valence-electron chi connectivity index (χ2n) is 2.51. The number of phenols is 1. The minimum atomic E-state index is -0.789. The van der Waals surface area contributed by atoms with Gasteiger partial charge in [-0.25, -0.2) is 4.79 Å². The lowest BCUT2D eigenvalue weighted by Gasteiger charge is -2.00. The summed E-state index contributed by atoms with van der Waals surface area (Å²) in [6, 6.07) is 5.34. The normalized spacial score (nSPS) is 9.50. The molecule has 0 atom stereocenters. The van der Waals surface area contributed by atoms with E-state index in [9.17, 15) is 9.59 Å². The van der Waals surface area contributed by atoms with Crippen molar-refractivity contribution in [2.24, 2.45) is 5.73 Å².